The molecule has 2 aromatic carbocycles. The molecule has 0 aromatic heterocycles. The minimum atomic E-state index is -0.398. The van der Waals surface area contributed by atoms with Crippen molar-refractivity contribution in [2.45, 2.75) is 6.54 Å². The van der Waals surface area contributed by atoms with Crippen LogP contribution < -0.4 is 5.32 Å². The van der Waals surface area contributed by atoms with Crippen LogP contribution in [-0.4, -0.2) is 4.92 Å². The van der Waals surface area contributed by atoms with Gasteiger partial charge in [0.25, 0.3) is 5.69 Å². The Hall–Kier alpha value is -1.88. The highest BCUT2D eigenvalue weighted by atomic mass is 79.9. The van der Waals surface area contributed by atoms with Crippen LogP contribution in [-0.2, 0) is 6.54 Å². The van der Waals surface area contributed by atoms with Crippen molar-refractivity contribution in [3.05, 3.63) is 68.7 Å². The van der Waals surface area contributed by atoms with Gasteiger partial charge in [-0.25, -0.2) is 0 Å². The minimum absolute atomic E-state index is 0.111. The highest BCUT2D eigenvalue weighted by Crippen LogP contribution is 2.22. The Morgan fingerprint density at radius 3 is 2.39 bits per heavy atom. The largest absolute Gasteiger partial charge is 0.380 e. The van der Waals surface area contributed by atoms with E-state index in [2.05, 4.69) is 21.2 Å². The smallest absolute Gasteiger partial charge is 0.269 e. The second-order valence-electron chi connectivity index (χ2n) is 3.76. The van der Waals surface area contributed by atoms with Gasteiger partial charge in [-0.3, -0.25) is 10.1 Å². The van der Waals surface area contributed by atoms with E-state index in [0.717, 1.165) is 15.7 Å². The van der Waals surface area contributed by atoms with Crippen LogP contribution in [0.25, 0.3) is 0 Å². The maximum Gasteiger partial charge on any atom is 0.269 e. The first-order valence-electron chi connectivity index (χ1n) is 5.38. The van der Waals surface area contributed by atoms with Crippen molar-refractivity contribution < 1.29 is 4.92 Å². The first kappa shape index (κ1) is 12.6. The summed E-state index contributed by atoms with van der Waals surface area (Å²) in [4.78, 5) is 10.1. The van der Waals surface area contributed by atoms with E-state index in [1.807, 2.05) is 24.3 Å². The predicted octanol–water partition coefficient (Wildman–Crippen LogP) is 3.97. The molecule has 0 radical (unpaired) electrons. The summed E-state index contributed by atoms with van der Waals surface area (Å²) >= 11 is 3.45. The van der Waals surface area contributed by atoms with E-state index in [1.165, 1.54) is 12.1 Å². The molecule has 0 saturated heterocycles. The molecule has 92 valence electrons. The summed E-state index contributed by atoms with van der Waals surface area (Å²) in [5, 5.41) is 13.8. The predicted molar refractivity (Wildman–Crippen MR) is 74.6 cm³/mol. The zero-order chi connectivity index (χ0) is 13.0. The van der Waals surface area contributed by atoms with Crippen LogP contribution in [0.15, 0.2) is 53.0 Å². The lowest BCUT2D eigenvalue weighted by atomic mass is 10.2. The van der Waals surface area contributed by atoms with Crippen molar-refractivity contribution in [2.24, 2.45) is 0 Å². The van der Waals surface area contributed by atoms with Gasteiger partial charge in [0.1, 0.15) is 0 Å². The monoisotopic (exact) mass is 306 g/mol. The SMILES string of the molecule is O=[N+]([O-])c1ccc(CNc2ccccc2Br)cc1. The second kappa shape index (κ2) is 5.64. The van der Waals surface area contributed by atoms with Crippen LogP contribution in [0.3, 0.4) is 0 Å². The molecule has 0 amide bonds. The van der Waals surface area contributed by atoms with Crippen LogP contribution in [0, 0.1) is 10.1 Å². The Balaban J connectivity index is 2.02. The third-order valence-corrected chi connectivity index (χ3v) is 3.20. The van der Waals surface area contributed by atoms with Gasteiger partial charge in [-0.1, -0.05) is 24.3 Å². The van der Waals surface area contributed by atoms with Gasteiger partial charge < -0.3 is 5.32 Å². The van der Waals surface area contributed by atoms with Gasteiger partial charge >= 0.3 is 0 Å². The molecule has 0 saturated carbocycles. The Morgan fingerprint density at radius 2 is 1.78 bits per heavy atom. The fourth-order valence-corrected chi connectivity index (χ4v) is 1.96. The van der Waals surface area contributed by atoms with Gasteiger partial charge in [-0.05, 0) is 33.6 Å². The van der Waals surface area contributed by atoms with Crippen molar-refractivity contribution in [3.63, 3.8) is 0 Å². The van der Waals surface area contributed by atoms with E-state index < -0.39 is 4.92 Å². The lowest BCUT2D eigenvalue weighted by Crippen LogP contribution is -2.00. The summed E-state index contributed by atoms with van der Waals surface area (Å²) < 4.78 is 0.993. The molecule has 0 aliphatic rings. The fourth-order valence-electron chi connectivity index (χ4n) is 1.54. The van der Waals surface area contributed by atoms with E-state index in [-0.39, 0.29) is 5.69 Å². The van der Waals surface area contributed by atoms with Crippen LogP contribution in [0.1, 0.15) is 5.56 Å². The molecule has 2 aromatic rings. The number of nitrogens with one attached hydrogen (secondary N) is 1. The number of nitrogens with zero attached hydrogens (tertiary/aromatic N) is 1. The molecule has 2 rings (SSSR count). The van der Waals surface area contributed by atoms with Crippen LogP contribution in [0.5, 0.6) is 0 Å². The van der Waals surface area contributed by atoms with Crippen molar-refractivity contribution in [1.82, 2.24) is 0 Å². The molecule has 4 nitrogen and oxygen atoms in total. The summed E-state index contributed by atoms with van der Waals surface area (Å²) in [7, 11) is 0. The van der Waals surface area contributed by atoms with Gasteiger partial charge in [0.2, 0.25) is 0 Å². The highest BCUT2D eigenvalue weighted by molar-refractivity contribution is 9.10. The lowest BCUT2D eigenvalue weighted by molar-refractivity contribution is -0.384. The van der Waals surface area contributed by atoms with Crippen LogP contribution in [0.4, 0.5) is 11.4 Å². The number of nitro benzene ring substituents is 1. The molecule has 18 heavy (non-hydrogen) atoms. The lowest BCUT2D eigenvalue weighted by Gasteiger charge is -2.08. The first-order valence-corrected chi connectivity index (χ1v) is 6.18. The number of hydrogen-bond donors (Lipinski definition) is 1. The zero-order valence-corrected chi connectivity index (χ0v) is 11.1. The highest BCUT2D eigenvalue weighted by Gasteiger charge is 2.04. The summed E-state index contributed by atoms with van der Waals surface area (Å²) in [6.07, 6.45) is 0. The molecule has 0 aliphatic heterocycles. The minimum Gasteiger partial charge on any atom is -0.380 e. The number of rotatable bonds is 4. The third kappa shape index (κ3) is 3.07. The zero-order valence-electron chi connectivity index (χ0n) is 9.47. The molecule has 0 atom stereocenters. The number of para-hydroxylation sites is 1. The number of halogens is 1. The Morgan fingerprint density at radius 1 is 1.11 bits per heavy atom. The number of benzene rings is 2. The van der Waals surface area contributed by atoms with E-state index in [9.17, 15) is 10.1 Å². The molecule has 0 heterocycles. The van der Waals surface area contributed by atoms with Crippen LogP contribution >= 0.6 is 15.9 Å². The first-order chi connectivity index (χ1) is 8.66. The fraction of sp³-hybridized carbons (Fsp3) is 0.0769. The number of non-ortho nitro benzene ring substituents is 1. The molecule has 0 spiro atoms. The van der Waals surface area contributed by atoms with Gasteiger partial charge in [-0.2, -0.15) is 0 Å². The number of nitro groups is 1. The average Bonchev–Trinajstić information content (AvgIpc) is 2.38. The van der Waals surface area contributed by atoms with Crippen molar-refractivity contribution >= 4 is 27.3 Å². The molecule has 0 unspecified atom stereocenters. The molecular weight excluding hydrogens is 296 g/mol. The summed E-state index contributed by atoms with van der Waals surface area (Å²) in [5.41, 5.74) is 2.10. The van der Waals surface area contributed by atoms with Crippen LogP contribution in [0.2, 0.25) is 0 Å². The van der Waals surface area contributed by atoms with Gasteiger partial charge in [0.15, 0.2) is 0 Å². The maximum absolute atomic E-state index is 10.5. The second-order valence-corrected chi connectivity index (χ2v) is 4.61. The molecule has 0 bridgehead atoms. The molecule has 1 N–H and O–H groups in total. The van der Waals surface area contributed by atoms with Gasteiger partial charge in [0, 0.05) is 28.8 Å². The number of anilines is 1. The van der Waals surface area contributed by atoms with Gasteiger partial charge in [0.05, 0.1) is 4.92 Å². The van der Waals surface area contributed by atoms with Crippen molar-refractivity contribution in [2.75, 3.05) is 5.32 Å². The maximum atomic E-state index is 10.5. The standard InChI is InChI=1S/C13H11BrN2O2/c14-12-3-1-2-4-13(12)15-9-10-5-7-11(8-6-10)16(17)18/h1-8,15H,9H2. The molecule has 0 fully saturated rings. The van der Waals surface area contributed by atoms with E-state index in [1.54, 1.807) is 12.1 Å². The van der Waals surface area contributed by atoms with E-state index in [4.69, 9.17) is 0 Å². The summed E-state index contributed by atoms with van der Waals surface area (Å²) in [6.45, 7) is 0.626. The Bertz CT molecular complexity index is 555. The molecule has 0 aliphatic carbocycles. The quantitative estimate of drug-likeness (QED) is 0.687. The Kier molecular flexibility index (Phi) is 3.94. The van der Waals surface area contributed by atoms with Gasteiger partial charge in [-0.15, -0.1) is 0 Å². The van der Waals surface area contributed by atoms with E-state index in [0.29, 0.717) is 6.54 Å². The molecule has 5 heteroatoms. The number of hydrogen-bond acceptors (Lipinski definition) is 3. The normalized spacial score (nSPS) is 10.1. The summed E-state index contributed by atoms with van der Waals surface area (Å²) in [5.74, 6) is 0. The third-order valence-electron chi connectivity index (χ3n) is 2.50. The topological polar surface area (TPSA) is 55.2 Å². The summed E-state index contributed by atoms with van der Waals surface area (Å²) in [6, 6.07) is 14.3. The van der Waals surface area contributed by atoms with E-state index >= 15 is 0 Å². The average molecular weight is 307 g/mol. The van der Waals surface area contributed by atoms with Crippen molar-refractivity contribution in [1.29, 1.82) is 0 Å². The molecular formula is C13H11BrN2O2. The Labute approximate surface area is 113 Å². The van der Waals surface area contributed by atoms with Crippen molar-refractivity contribution in [3.8, 4) is 0 Å².